The number of fused-ring (bicyclic) bond motifs is 1. The van der Waals surface area contributed by atoms with E-state index in [-0.39, 0.29) is 22.9 Å². The Balaban J connectivity index is 2.41. The molecular weight excluding hydrogens is 432 g/mol. The highest BCUT2D eigenvalue weighted by Crippen LogP contribution is 2.46. The van der Waals surface area contributed by atoms with Gasteiger partial charge in [0.2, 0.25) is 0 Å². The van der Waals surface area contributed by atoms with E-state index in [9.17, 15) is 31.1 Å². The number of aromatic carboxylic acids is 1. The van der Waals surface area contributed by atoms with Crippen LogP contribution in [0.3, 0.4) is 0 Å². The highest BCUT2D eigenvalue weighted by atomic mass is 19.4. The third-order valence-electron chi connectivity index (χ3n) is 4.45. The van der Waals surface area contributed by atoms with E-state index < -0.39 is 46.5 Å². The molecule has 1 heterocycles. The lowest BCUT2D eigenvalue weighted by Crippen LogP contribution is -2.13. The lowest BCUT2D eigenvalue weighted by atomic mass is 9.97. The van der Waals surface area contributed by atoms with Crippen molar-refractivity contribution in [1.29, 1.82) is 0 Å². The van der Waals surface area contributed by atoms with Crippen molar-refractivity contribution in [2.45, 2.75) is 12.4 Å². The third-order valence-corrected chi connectivity index (χ3v) is 4.45. The number of alkyl halides is 6. The van der Waals surface area contributed by atoms with Crippen molar-refractivity contribution in [2.24, 2.45) is 0 Å². The van der Waals surface area contributed by atoms with Gasteiger partial charge in [0.05, 0.1) is 47.7 Å². The van der Waals surface area contributed by atoms with Gasteiger partial charge in [0.1, 0.15) is 11.5 Å². The molecule has 11 heteroatoms. The molecule has 0 aliphatic rings. The largest absolute Gasteiger partial charge is 0.496 e. The highest BCUT2D eigenvalue weighted by Gasteiger charge is 2.40. The van der Waals surface area contributed by atoms with E-state index in [0.717, 1.165) is 19.2 Å². The second kappa shape index (κ2) is 7.64. The predicted molar refractivity (Wildman–Crippen MR) is 97.2 cm³/mol. The summed E-state index contributed by atoms with van der Waals surface area (Å²) in [4.78, 5) is 15.3. The van der Waals surface area contributed by atoms with Crippen molar-refractivity contribution in [3.63, 3.8) is 0 Å². The summed E-state index contributed by atoms with van der Waals surface area (Å²) in [6.07, 6.45) is -10.2. The van der Waals surface area contributed by atoms with Crippen molar-refractivity contribution in [3.8, 4) is 22.8 Å². The van der Waals surface area contributed by atoms with Gasteiger partial charge >= 0.3 is 18.3 Å². The standard InChI is InChI=1S/C20H13F6NO4/c1-30-15-8-14(27-13-5-9(18(28)29)3-4-11(13)15)17-12(20(24,25)26)6-10(19(21,22)23)7-16(17)31-2/h3-8H,1-2H3,(H,28,29). The molecule has 31 heavy (non-hydrogen) atoms. The zero-order valence-corrected chi connectivity index (χ0v) is 15.9. The summed E-state index contributed by atoms with van der Waals surface area (Å²) in [5.41, 5.74) is -4.49. The highest BCUT2D eigenvalue weighted by molar-refractivity contribution is 5.96. The number of carbonyl (C=O) groups is 1. The molecule has 0 bridgehead atoms. The summed E-state index contributed by atoms with van der Waals surface area (Å²) in [7, 11) is 2.16. The van der Waals surface area contributed by atoms with Gasteiger partial charge < -0.3 is 14.6 Å². The molecule has 0 radical (unpaired) electrons. The normalized spacial score (nSPS) is 12.1. The van der Waals surface area contributed by atoms with Gasteiger partial charge in [-0.25, -0.2) is 9.78 Å². The number of methoxy groups -OCH3 is 2. The molecule has 0 aliphatic carbocycles. The number of carboxylic acids is 1. The van der Waals surface area contributed by atoms with Crippen LogP contribution in [0, 0.1) is 0 Å². The van der Waals surface area contributed by atoms with E-state index in [0.29, 0.717) is 11.5 Å². The van der Waals surface area contributed by atoms with Crippen molar-refractivity contribution in [3.05, 3.63) is 53.1 Å². The van der Waals surface area contributed by atoms with E-state index in [1.807, 2.05) is 0 Å². The summed E-state index contributed by atoms with van der Waals surface area (Å²) in [6.45, 7) is 0. The summed E-state index contributed by atoms with van der Waals surface area (Å²) in [5, 5.41) is 9.46. The number of halogens is 6. The van der Waals surface area contributed by atoms with E-state index >= 15 is 0 Å². The number of hydrogen-bond donors (Lipinski definition) is 1. The summed E-state index contributed by atoms with van der Waals surface area (Å²) < 4.78 is 90.6. The second-order valence-corrected chi connectivity index (χ2v) is 6.34. The van der Waals surface area contributed by atoms with E-state index in [1.54, 1.807) is 0 Å². The molecule has 3 rings (SSSR count). The molecule has 0 saturated carbocycles. The average Bonchev–Trinajstić information content (AvgIpc) is 2.69. The number of aromatic nitrogens is 1. The number of pyridine rings is 1. The maximum Gasteiger partial charge on any atom is 0.417 e. The van der Waals surface area contributed by atoms with Crippen molar-refractivity contribution >= 4 is 16.9 Å². The van der Waals surface area contributed by atoms with Gasteiger partial charge in [0.15, 0.2) is 0 Å². The first-order valence-electron chi connectivity index (χ1n) is 8.45. The Bertz CT molecular complexity index is 1170. The molecule has 3 aromatic rings. The van der Waals surface area contributed by atoms with Crippen LogP contribution in [-0.2, 0) is 12.4 Å². The summed E-state index contributed by atoms with van der Waals surface area (Å²) >= 11 is 0. The minimum Gasteiger partial charge on any atom is -0.496 e. The van der Waals surface area contributed by atoms with Gasteiger partial charge in [-0.05, 0) is 30.3 Å². The van der Waals surface area contributed by atoms with Gasteiger partial charge in [0.25, 0.3) is 0 Å². The molecule has 1 N–H and O–H groups in total. The first-order chi connectivity index (χ1) is 14.4. The Hall–Kier alpha value is -3.50. The van der Waals surface area contributed by atoms with Gasteiger partial charge in [-0.2, -0.15) is 26.3 Å². The average molecular weight is 445 g/mol. The summed E-state index contributed by atoms with van der Waals surface area (Å²) in [5.74, 6) is -1.95. The van der Waals surface area contributed by atoms with Crippen LogP contribution < -0.4 is 9.47 Å². The number of benzene rings is 2. The van der Waals surface area contributed by atoms with E-state index in [4.69, 9.17) is 14.6 Å². The fourth-order valence-corrected chi connectivity index (χ4v) is 3.05. The SMILES string of the molecule is COc1cc(C(F)(F)F)cc(C(F)(F)F)c1-c1cc(OC)c2ccc(C(=O)O)cc2n1. The maximum absolute atomic E-state index is 13.7. The van der Waals surface area contributed by atoms with Gasteiger partial charge in [0, 0.05) is 11.5 Å². The van der Waals surface area contributed by atoms with E-state index in [2.05, 4.69) is 4.98 Å². The van der Waals surface area contributed by atoms with Crippen LogP contribution in [0.4, 0.5) is 26.3 Å². The molecule has 164 valence electrons. The molecule has 5 nitrogen and oxygen atoms in total. The fraction of sp³-hybridized carbons (Fsp3) is 0.200. The first-order valence-corrected chi connectivity index (χ1v) is 8.45. The van der Waals surface area contributed by atoms with Crippen LogP contribution in [0.15, 0.2) is 36.4 Å². The molecule has 0 fully saturated rings. The Morgan fingerprint density at radius 3 is 2.06 bits per heavy atom. The number of nitrogens with zero attached hydrogens (tertiary/aromatic N) is 1. The zero-order chi connectivity index (χ0) is 23.1. The molecule has 2 aromatic carbocycles. The number of hydrogen-bond acceptors (Lipinski definition) is 4. The number of ether oxygens (including phenoxy) is 2. The topological polar surface area (TPSA) is 68.7 Å². The lowest BCUT2D eigenvalue weighted by Gasteiger charge is -2.20. The Kier molecular flexibility index (Phi) is 5.47. The van der Waals surface area contributed by atoms with Crippen LogP contribution in [0.2, 0.25) is 0 Å². The second-order valence-electron chi connectivity index (χ2n) is 6.34. The molecule has 0 amide bonds. The van der Waals surface area contributed by atoms with Gasteiger partial charge in [-0.1, -0.05) is 0 Å². The lowest BCUT2D eigenvalue weighted by molar-refractivity contribution is -0.142. The van der Waals surface area contributed by atoms with Crippen molar-refractivity contribution < 1.29 is 45.7 Å². The Morgan fingerprint density at radius 1 is 0.903 bits per heavy atom. The molecule has 0 atom stereocenters. The monoisotopic (exact) mass is 445 g/mol. The molecule has 0 unspecified atom stereocenters. The van der Waals surface area contributed by atoms with Crippen molar-refractivity contribution in [2.75, 3.05) is 14.2 Å². The molecule has 0 aliphatic heterocycles. The minimum absolute atomic E-state index is 0.0238. The number of carboxylic acid groups (broad SMARTS) is 1. The Labute approximate surface area is 170 Å². The Morgan fingerprint density at radius 2 is 1.55 bits per heavy atom. The quantitative estimate of drug-likeness (QED) is 0.526. The fourth-order valence-electron chi connectivity index (χ4n) is 3.05. The van der Waals surface area contributed by atoms with E-state index in [1.165, 1.54) is 19.2 Å². The van der Waals surface area contributed by atoms with Crippen LogP contribution in [0.1, 0.15) is 21.5 Å². The third kappa shape index (κ3) is 4.21. The molecular formula is C20H13F6NO4. The molecule has 0 saturated heterocycles. The minimum atomic E-state index is -5.17. The molecule has 1 aromatic heterocycles. The zero-order valence-electron chi connectivity index (χ0n) is 15.9. The first kappa shape index (κ1) is 22.2. The van der Waals surface area contributed by atoms with Gasteiger partial charge in [-0.15, -0.1) is 0 Å². The van der Waals surface area contributed by atoms with Crippen LogP contribution in [0.5, 0.6) is 11.5 Å². The van der Waals surface area contributed by atoms with Crippen LogP contribution in [-0.4, -0.2) is 30.3 Å². The van der Waals surface area contributed by atoms with Gasteiger partial charge in [-0.3, -0.25) is 0 Å². The number of rotatable bonds is 4. The molecule has 0 spiro atoms. The van der Waals surface area contributed by atoms with Crippen LogP contribution >= 0.6 is 0 Å². The van der Waals surface area contributed by atoms with Crippen molar-refractivity contribution in [1.82, 2.24) is 4.98 Å². The van der Waals surface area contributed by atoms with Crippen LogP contribution in [0.25, 0.3) is 22.2 Å². The maximum atomic E-state index is 13.7. The smallest absolute Gasteiger partial charge is 0.417 e. The predicted octanol–water partition coefficient (Wildman–Crippen LogP) is 5.65. The summed E-state index contributed by atoms with van der Waals surface area (Å²) in [6, 6.07) is 5.27.